The molecule has 0 saturated carbocycles. The van der Waals surface area contributed by atoms with Crippen LogP contribution in [0.25, 0.3) is 0 Å². The van der Waals surface area contributed by atoms with Gasteiger partial charge in [-0.2, -0.15) is 0 Å². The fourth-order valence-corrected chi connectivity index (χ4v) is 1.40. The largest absolute Gasteiger partial charge is 0.480 e. The smallest absolute Gasteiger partial charge is 0.323 e. The summed E-state index contributed by atoms with van der Waals surface area (Å²) in [5.74, 6) is -3.18. The van der Waals surface area contributed by atoms with Crippen molar-refractivity contribution >= 4 is 36.1 Å². The Bertz CT molecular complexity index is 384. The Morgan fingerprint density at radius 2 is 2.11 bits per heavy atom. The molecule has 0 unspecified atom stereocenters. The van der Waals surface area contributed by atoms with Gasteiger partial charge in [-0.05, 0) is 6.92 Å². The minimum absolute atomic E-state index is 0. The minimum Gasteiger partial charge on any atom is -0.480 e. The normalized spacial score (nSPS) is 20.3. The van der Waals surface area contributed by atoms with E-state index < -0.39 is 42.3 Å². The van der Waals surface area contributed by atoms with Crippen molar-refractivity contribution in [2.24, 2.45) is 5.73 Å². The van der Waals surface area contributed by atoms with Crippen molar-refractivity contribution < 1.29 is 24.3 Å². The van der Waals surface area contributed by atoms with Gasteiger partial charge in [-0.25, -0.2) is 0 Å². The summed E-state index contributed by atoms with van der Waals surface area (Å²) in [6.45, 7) is 0.744. The van der Waals surface area contributed by atoms with Gasteiger partial charge in [0.1, 0.15) is 12.6 Å². The standard InChI is InChI=1S/C9H13N3O5.ClH/c1-4(10)8(16)11-5-2-6(13)12(9(5)17)3-7(14)15;/h4-5H,2-3,10H2,1H3,(H,11,16)(H,14,15);1H/t4-,5-;/m0./s1. The summed E-state index contributed by atoms with van der Waals surface area (Å²) >= 11 is 0. The second-order valence-corrected chi connectivity index (χ2v) is 3.77. The maximum atomic E-state index is 11.6. The minimum atomic E-state index is -1.29. The van der Waals surface area contributed by atoms with Crippen molar-refractivity contribution in [1.29, 1.82) is 0 Å². The van der Waals surface area contributed by atoms with Crippen LogP contribution in [0.3, 0.4) is 0 Å². The Labute approximate surface area is 109 Å². The average Bonchev–Trinajstić information content (AvgIpc) is 2.45. The fraction of sp³-hybridized carbons (Fsp3) is 0.556. The highest BCUT2D eigenvalue weighted by Crippen LogP contribution is 2.12. The maximum absolute atomic E-state index is 11.6. The number of carbonyl (C=O) groups is 4. The van der Waals surface area contributed by atoms with E-state index in [1.54, 1.807) is 0 Å². The maximum Gasteiger partial charge on any atom is 0.323 e. The molecule has 1 aliphatic heterocycles. The van der Waals surface area contributed by atoms with Crippen LogP contribution < -0.4 is 11.1 Å². The lowest BCUT2D eigenvalue weighted by Gasteiger charge is -2.14. The second-order valence-electron chi connectivity index (χ2n) is 3.77. The van der Waals surface area contributed by atoms with Gasteiger partial charge in [-0.3, -0.25) is 24.1 Å². The predicted octanol–water partition coefficient (Wildman–Crippen LogP) is -1.92. The Balaban J connectivity index is 0.00000289. The number of rotatable bonds is 4. The van der Waals surface area contributed by atoms with Crippen LogP contribution >= 0.6 is 12.4 Å². The van der Waals surface area contributed by atoms with E-state index in [2.05, 4.69) is 5.32 Å². The molecule has 1 heterocycles. The molecular formula is C9H14ClN3O5. The second kappa shape index (κ2) is 6.31. The molecule has 0 spiro atoms. The molecule has 3 amide bonds. The number of carboxylic acids is 1. The molecule has 102 valence electrons. The highest BCUT2D eigenvalue weighted by molar-refractivity contribution is 6.08. The Morgan fingerprint density at radius 1 is 1.56 bits per heavy atom. The molecule has 0 bridgehead atoms. The van der Waals surface area contributed by atoms with Crippen molar-refractivity contribution in [3.05, 3.63) is 0 Å². The number of carboxylic acid groups (broad SMARTS) is 1. The number of nitrogens with two attached hydrogens (primary N) is 1. The van der Waals surface area contributed by atoms with Crippen LogP contribution in [0.5, 0.6) is 0 Å². The molecule has 1 saturated heterocycles. The zero-order valence-corrected chi connectivity index (χ0v) is 10.4. The van der Waals surface area contributed by atoms with Crippen LogP contribution in [0, 0.1) is 0 Å². The lowest BCUT2D eigenvalue weighted by molar-refractivity contribution is -0.148. The zero-order valence-electron chi connectivity index (χ0n) is 9.58. The summed E-state index contributed by atoms with van der Waals surface area (Å²) in [5, 5.41) is 10.8. The third-order valence-electron chi connectivity index (χ3n) is 2.27. The van der Waals surface area contributed by atoms with Gasteiger partial charge in [0.05, 0.1) is 12.5 Å². The molecular weight excluding hydrogens is 266 g/mol. The van der Waals surface area contributed by atoms with E-state index >= 15 is 0 Å². The van der Waals surface area contributed by atoms with E-state index in [0.717, 1.165) is 0 Å². The van der Waals surface area contributed by atoms with Gasteiger partial charge >= 0.3 is 5.97 Å². The number of likely N-dealkylation sites (tertiary alicyclic amines) is 1. The van der Waals surface area contributed by atoms with Crippen molar-refractivity contribution in [3.63, 3.8) is 0 Å². The summed E-state index contributed by atoms with van der Waals surface area (Å²) in [7, 11) is 0. The third kappa shape index (κ3) is 3.67. The molecule has 2 atom stereocenters. The van der Waals surface area contributed by atoms with Crippen LogP contribution in [0.1, 0.15) is 13.3 Å². The van der Waals surface area contributed by atoms with Crippen LogP contribution in [-0.2, 0) is 19.2 Å². The number of nitrogens with one attached hydrogen (secondary N) is 1. The number of nitrogens with zero attached hydrogens (tertiary/aromatic N) is 1. The molecule has 1 aliphatic rings. The van der Waals surface area contributed by atoms with Crippen molar-refractivity contribution in [3.8, 4) is 0 Å². The molecule has 0 aromatic rings. The SMILES string of the molecule is C[C@H](N)C(=O)N[C@H]1CC(=O)N(CC(=O)O)C1=O.Cl. The number of hydrogen-bond acceptors (Lipinski definition) is 5. The average molecular weight is 280 g/mol. The first-order chi connectivity index (χ1) is 7.82. The summed E-state index contributed by atoms with van der Waals surface area (Å²) in [5.41, 5.74) is 5.29. The first kappa shape index (κ1) is 16.3. The number of aliphatic carboxylic acids is 1. The van der Waals surface area contributed by atoms with E-state index in [1.165, 1.54) is 6.92 Å². The van der Waals surface area contributed by atoms with E-state index in [9.17, 15) is 19.2 Å². The van der Waals surface area contributed by atoms with Crippen LogP contribution in [0.2, 0.25) is 0 Å². The van der Waals surface area contributed by atoms with Crippen LogP contribution in [0.15, 0.2) is 0 Å². The molecule has 4 N–H and O–H groups in total. The van der Waals surface area contributed by atoms with E-state index in [1.807, 2.05) is 0 Å². The number of imide groups is 1. The first-order valence-corrected chi connectivity index (χ1v) is 4.95. The lowest BCUT2D eigenvalue weighted by Crippen LogP contribution is -2.47. The van der Waals surface area contributed by atoms with Crippen LogP contribution in [-0.4, -0.2) is 52.3 Å². The number of carbonyl (C=O) groups excluding carboxylic acids is 3. The van der Waals surface area contributed by atoms with Crippen molar-refractivity contribution in [1.82, 2.24) is 10.2 Å². The molecule has 9 heteroatoms. The molecule has 0 radical (unpaired) electrons. The fourth-order valence-electron chi connectivity index (χ4n) is 1.40. The molecule has 1 fully saturated rings. The first-order valence-electron chi connectivity index (χ1n) is 4.95. The summed E-state index contributed by atoms with van der Waals surface area (Å²) in [4.78, 5) is 45.2. The van der Waals surface area contributed by atoms with Gasteiger partial charge in [0.2, 0.25) is 11.8 Å². The molecule has 18 heavy (non-hydrogen) atoms. The summed E-state index contributed by atoms with van der Waals surface area (Å²) < 4.78 is 0. The van der Waals surface area contributed by atoms with Gasteiger partial charge in [-0.15, -0.1) is 12.4 Å². The summed E-state index contributed by atoms with van der Waals surface area (Å²) in [6.07, 6.45) is -0.232. The molecule has 1 rings (SSSR count). The van der Waals surface area contributed by atoms with Gasteiger partial charge in [0, 0.05) is 0 Å². The van der Waals surface area contributed by atoms with Crippen molar-refractivity contribution in [2.45, 2.75) is 25.4 Å². The van der Waals surface area contributed by atoms with Gasteiger partial charge in [0.15, 0.2) is 0 Å². The van der Waals surface area contributed by atoms with E-state index in [0.29, 0.717) is 4.90 Å². The number of amides is 3. The summed E-state index contributed by atoms with van der Waals surface area (Å²) in [6, 6.07) is -1.81. The third-order valence-corrected chi connectivity index (χ3v) is 2.27. The van der Waals surface area contributed by atoms with Gasteiger partial charge in [-0.1, -0.05) is 0 Å². The molecule has 0 aliphatic carbocycles. The monoisotopic (exact) mass is 279 g/mol. The zero-order chi connectivity index (χ0) is 13.2. The van der Waals surface area contributed by atoms with E-state index in [4.69, 9.17) is 10.8 Å². The van der Waals surface area contributed by atoms with Gasteiger partial charge < -0.3 is 16.2 Å². The Hall–Kier alpha value is -1.67. The molecule has 0 aromatic heterocycles. The van der Waals surface area contributed by atoms with Crippen LogP contribution in [0.4, 0.5) is 0 Å². The van der Waals surface area contributed by atoms with Crippen molar-refractivity contribution in [2.75, 3.05) is 6.54 Å². The molecule has 0 aromatic carbocycles. The Morgan fingerprint density at radius 3 is 2.56 bits per heavy atom. The number of halogens is 1. The predicted molar refractivity (Wildman–Crippen MR) is 61.8 cm³/mol. The highest BCUT2D eigenvalue weighted by Gasteiger charge is 2.40. The quantitative estimate of drug-likeness (QED) is 0.515. The van der Waals surface area contributed by atoms with E-state index in [-0.39, 0.29) is 18.8 Å². The topological polar surface area (TPSA) is 130 Å². The van der Waals surface area contributed by atoms with Gasteiger partial charge in [0.25, 0.3) is 5.91 Å². The highest BCUT2D eigenvalue weighted by atomic mass is 35.5. The molecule has 8 nitrogen and oxygen atoms in total. The lowest BCUT2D eigenvalue weighted by atomic mass is 10.2. The Kier molecular flexibility index (Phi) is 5.73. The number of hydrogen-bond donors (Lipinski definition) is 3.